The molecule has 3 N–H and O–H groups in total. The third-order valence-electron chi connectivity index (χ3n) is 4.19. The van der Waals surface area contributed by atoms with Gasteiger partial charge < -0.3 is 20.3 Å². The second-order valence-corrected chi connectivity index (χ2v) is 6.45. The molecule has 1 rings (SSSR count). The fourth-order valence-corrected chi connectivity index (χ4v) is 2.05. The number of rotatable bonds is 9. The van der Waals surface area contributed by atoms with Gasteiger partial charge in [0.25, 0.3) is 5.91 Å². The van der Waals surface area contributed by atoms with Crippen molar-refractivity contribution in [2.45, 2.75) is 60.1 Å². The maximum atomic E-state index is 12.3. The Bertz CT molecular complexity index is 483. The summed E-state index contributed by atoms with van der Waals surface area (Å²) in [6, 6.07) is -0.0252. The molecule has 1 atom stereocenters. The molecule has 1 aromatic rings. The van der Waals surface area contributed by atoms with E-state index in [1.165, 1.54) is 6.42 Å². The zero-order chi connectivity index (χ0) is 16.8. The highest BCUT2D eigenvalue weighted by atomic mass is 16.5. The molecule has 0 radical (unpaired) electrons. The number of amides is 1. The van der Waals surface area contributed by atoms with Gasteiger partial charge in [-0.2, -0.15) is 0 Å². The molecule has 22 heavy (non-hydrogen) atoms. The molecular formula is C16H29N3O3. The van der Waals surface area contributed by atoms with Crippen LogP contribution in [-0.2, 0) is 6.61 Å². The molecule has 1 amide bonds. The van der Waals surface area contributed by atoms with Crippen molar-refractivity contribution in [1.82, 2.24) is 15.8 Å². The first-order valence-electron chi connectivity index (χ1n) is 7.91. The first-order valence-corrected chi connectivity index (χ1v) is 7.91. The standard InChI is InChI=1S/C16H29N3O3/c1-6-7-8-17-10-16(4,5)12(3)18-15(21)14-11(2)13(9-20)22-19-14/h12,17,20H,6-10H2,1-5H3,(H,18,21). The van der Waals surface area contributed by atoms with E-state index in [0.717, 1.165) is 19.5 Å². The molecule has 1 unspecified atom stereocenters. The van der Waals surface area contributed by atoms with Crippen molar-refractivity contribution in [3.8, 4) is 0 Å². The molecule has 1 heterocycles. The van der Waals surface area contributed by atoms with E-state index in [2.05, 4.69) is 36.6 Å². The van der Waals surface area contributed by atoms with E-state index in [-0.39, 0.29) is 29.7 Å². The van der Waals surface area contributed by atoms with Crippen LogP contribution in [0.1, 0.15) is 62.3 Å². The fraction of sp³-hybridized carbons (Fsp3) is 0.750. The Labute approximate surface area is 132 Å². The molecule has 0 fully saturated rings. The number of unbranched alkanes of at least 4 members (excludes halogenated alkanes) is 1. The van der Waals surface area contributed by atoms with Crippen LogP contribution >= 0.6 is 0 Å². The Kier molecular flexibility index (Phi) is 7.03. The Balaban J connectivity index is 2.60. The topological polar surface area (TPSA) is 87.4 Å². The largest absolute Gasteiger partial charge is 0.388 e. The summed E-state index contributed by atoms with van der Waals surface area (Å²) in [6.07, 6.45) is 2.32. The molecule has 6 nitrogen and oxygen atoms in total. The molecular weight excluding hydrogens is 282 g/mol. The van der Waals surface area contributed by atoms with Crippen molar-refractivity contribution >= 4 is 5.91 Å². The predicted octanol–water partition coefficient (Wildman–Crippen LogP) is 2.01. The summed E-state index contributed by atoms with van der Waals surface area (Å²) in [7, 11) is 0. The predicted molar refractivity (Wildman–Crippen MR) is 85.6 cm³/mol. The number of hydrogen-bond acceptors (Lipinski definition) is 5. The third kappa shape index (κ3) is 4.81. The van der Waals surface area contributed by atoms with Crippen LogP contribution in [0.2, 0.25) is 0 Å². The maximum Gasteiger partial charge on any atom is 0.273 e. The molecule has 126 valence electrons. The van der Waals surface area contributed by atoms with Crippen molar-refractivity contribution in [1.29, 1.82) is 0 Å². The van der Waals surface area contributed by atoms with E-state index < -0.39 is 0 Å². The summed E-state index contributed by atoms with van der Waals surface area (Å²) in [5, 5.41) is 19.2. The van der Waals surface area contributed by atoms with Gasteiger partial charge in [-0.05, 0) is 32.2 Å². The second kappa shape index (κ2) is 8.29. The zero-order valence-corrected chi connectivity index (χ0v) is 14.3. The highest BCUT2D eigenvalue weighted by Gasteiger charge is 2.28. The monoisotopic (exact) mass is 311 g/mol. The van der Waals surface area contributed by atoms with Crippen LogP contribution in [0.4, 0.5) is 0 Å². The normalized spacial score (nSPS) is 13.2. The molecule has 1 aromatic heterocycles. The number of carbonyl (C=O) groups excluding carboxylic acids is 1. The van der Waals surface area contributed by atoms with Gasteiger partial charge in [0.2, 0.25) is 0 Å². The molecule has 0 aliphatic carbocycles. The number of aliphatic hydroxyl groups is 1. The Morgan fingerprint density at radius 2 is 2.14 bits per heavy atom. The zero-order valence-electron chi connectivity index (χ0n) is 14.3. The van der Waals surface area contributed by atoms with Crippen molar-refractivity contribution in [2.24, 2.45) is 5.41 Å². The van der Waals surface area contributed by atoms with Gasteiger partial charge in [-0.15, -0.1) is 0 Å². The van der Waals surface area contributed by atoms with Crippen molar-refractivity contribution in [3.05, 3.63) is 17.0 Å². The molecule has 0 saturated carbocycles. The SMILES string of the molecule is CCCCNCC(C)(C)C(C)NC(=O)c1noc(CO)c1C. The van der Waals surface area contributed by atoms with Crippen LogP contribution in [0.3, 0.4) is 0 Å². The van der Waals surface area contributed by atoms with E-state index in [0.29, 0.717) is 11.3 Å². The van der Waals surface area contributed by atoms with Gasteiger partial charge in [-0.25, -0.2) is 0 Å². The van der Waals surface area contributed by atoms with E-state index in [1.807, 2.05) is 6.92 Å². The molecule has 0 bridgehead atoms. The lowest BCUT2D eigenvalue weighted by molar-refractivity contribution is 0.0893. The van der Waals surface area contributed by atoms with Crippen molar-refractivity contribution < 1.29 is 14.4 Å². The highest BCUT2D eigenvalue weighted by Crippen LogP contribution is 2.20. The van der Waals surface area contributed by atoms with Gasteiger partial charge in [0, 0.05) is 18.2 Å². The minimum atomic E-state index is -0.268. The molecule has 0 aromatic carbocycles. The van der Waals surface area contributed by atoms with Crippen molar-refractivity contribution in [2.75, 3.05) is 13.1 Å². The van der Waals surface area contributed by atoms with Gasteiger partial charge in [0.15, 0.2) is 11.5 Å². The van der Waals surface area contributed by atoms with Gasteiger partial charge in [0.05, 0.1) is 0 Å². The summed E-state index contributed by atoms with van der Waals surface area (Å²) in [6.45, 7) is 11.7. The van der Waals surface area contributed by atoms with Crippen LogP contribution in [0, 0.1) is 12.3 Å². The number of aliphatic hydroxyl groups excluding tert-OH is 1. The third-order valence-corrected chi connectivity index (χ3v) is 4.19. The van der Waals surface area contributed by atoms with E-state index >= 15 is 0 Å². The lowest BCUT2D eigenvalue weighted by atomic mass is 9.85. The maximum absolute atomic E-state index is 12.3. The number of nitrogens with zero attached hydrogens (tertiary/aromatic N) is 1. The van der Waals surface area contributed by atoms with Gasteiger partial charge >= 0.3 is 0 Å². The van der Waals surface area contributed by atoms with E-state index in [4.69, 9.17) is 9.63 Å². The molecule has 0 aliphatic heterocycles. The average molecular weight is 311 g/mol. The van der Waals surface area contributed by atoms with Crippen LogP contribution in [-0.4, -0.2) is 35.3 Å². The number of nitrogens with one attached hydrogen (secondary N) is 2. The lowest BCUT2D eigenvalue weighted by Gasteiger charge is -2.32. The quantitative estimate of drug-likeness (QED) is 0.607. The van der Waals surface area contributed by atoms with Gasteiger partial charge in [-0.1, -0.05) is 32.3 Å². The number of carbonyl (C=O) groups is 1. The Morgan fingerprint density at radius 1 is 1.45 bits per heavy atom. The summed E-state index contributed by atoms with van der Waals surface area (Å²) < 4.78 is 4.95. The Hall–Kier alpha value is -1.40. The first-order chi connectivity index (χ1) is 10.3. The van der Waals surface area contributed by atoms with Crippen LogP contribution in [0.5, 0.6) is 0 Å². The summed E-state index contributed by atoms with van der Waals surface area (Å²) in [5.74, 6) is 0.0633. The van der Waals surface area contributed by atoms with Crippen LogP contribution in [0.15, 0.2) is 4.52 Å². The second-order valence-electron chi connectivity index (χ2n) is 6.45. The van der Waals surface area contributed by atoms with E-state index in [1.54, 1.807) is 6.92 Å². The molecule has 0 saturated heterocycles. The summed E-state index contributed by atoms with van der Waals surface area (Å²) >= 11 is 0. The van der Waals surface area contributed by atoms with E-state index in [9.17, 15) is 4.79 Å². The van der Waals surface area contributed by atoms with Crippen molar-refractivity contribution in [3.63, 3.8) is 0 Å². The summed E-state index contributed by atoms with van der Waals surface area (Å²) in [5.41, 5.74) is 0.748. The van der Waals surface area contributed by atoms with Crippen LogP contribution in [0.25, 0.3) is 0 Å². The van der Waals surface area contributed by atoms with Gasteiger partial charge in [-0.3, -0.25) is 4.79 Å². The number of hydrogen-bond donors (Lipinski definition) is 3. The lowest BCUT2D eigenvalue weighted by Crippen LogP contribution is -2.48. The molecule has 0 aliphatic rings. The number of aromatic nitrogens is 1. The fourth-order valence-electron chi connectivity index (χ4n) is 2.05. The van der Waals surface area contributed by atoms with Crippen LogP contribution < -0.4 is 10.6 Å². The Morgan fingerprint density at radius 3 is 2.68 bits per heavy atom. The minimum Gasteiger partial charge on any atom is -0.388 e. The highest BCUT2D eigenvalue weighted by molar-refractivity contribution is 5.93. The summed E-state index contributed by atoms with van der Waals surface area (Å²) in [4.78, 5) is 12.3. The smallest absolute Gasteiger partial charge is 0.273 e. The molecule has 6 heteroatoms. The average Bonchev–Trinajstić information content (AvgIpc) is 2.84. The first kappa shape index (κ1) is 18.6. The molecule has 0 spiro atoms. The van der Waals surface area contributed by atoms with Gasteiger partial charge in [0.1, 0.15) is 6.61 Å². The minimum absolute atomic E-state index is 0.0252.